The molecule has 2 aliphatic rings. The van der Waals surface area contributed by atoms with Gasteiger partial charge in [-0.25, -0.2) is 14.6 Å². The first-order valence-electron chi connectivity index (χ1n) is 7.65. The highest BCUT2D eigenvalue weighted by molar-refractivity contribution is 5.38. The number of hydrogen-bond acceptors (Lipinski definition) is 5. The summed E-state index contributed by atoms with van der Waals surface area (Å²) in [6.45, 7) is 3.74. The summed E-state index contributed by atoms with van der Waals surface area (Å²) < 4.78 is 2.10. The Bertz CT molecular complexity index is 620. The van der Waals surface area contributed by atoms with E-state index in [1.807, 2.05) is 6.07 Å². The molecule has 2 N–H and O–H groups in total. The Labute approximate surface area is 124 Å². The molecule has 0 aromatic carbocycles. The van der Waals surface area contributed by atoms with Gasteiger partial charge in [-0.1, -0.05) is 6.07 Å². The SMILES string of the molecule is Nc1ncccc1CN1CCc2nc(C3CC3)nn2CC1. The number of nitrogen functional groups attached to an aromatic ring is 1. The number of fused-ring (bicyclic) bond motifs is 1. The summed E-state index contributed by atoms with van der Waals surface area (Å²) in [5, 5.41) is 4.67. The van der Waals surface area contributed by atoms with Crippen molar-refractivity contribution < 1.29 is 0 Å². The fourth-order valence-electron chi connectivity index (χ4n) is 2.86. The lowest BCUT2D eigenvalue weighted by molar-refractivity contribution is 0.268. The topological polar surface area (TPSA) is 72.9 Å². The molecule has 0 saturated heterocycles. The van der Waals surface area contributed by atoms with E-state index in [0.29, 0.717) is 11.7 Å². The number of nitrogens with zero attached hydrogens (tertiary/aromatic N) is 5. The van der Waals surface area contributed by atoms with Gasteiger partial charge in [0.05, 0.1) is 6.54 Å². The average molecular weight is 284 g/mol. The van der Waals surface area contributed by atoms with Crippen LogP contribution >= 0.6 is 0 Å². The van der Waals surface area contributed by atoms with Crippen molar-refractivity contribution in [1.29, 1.82) is 0 Å². The number of nitrogens with two attached hydrogens (primary N) is 1. The number of aromatic nitrogens is 4. The largest absolute Gasteiger partial charge is 0.383 e. The van der Waals surface area contributed by atoms with Crippen molar-refractivity contribution in [3.8, 4) is 0 Å². The van der Waals surface area contributed by atoms with Crippen molar-refractivity contribution in [2.24, 2.45) is 0 Å². The van der Waals surface area contributed by atoms with Gasteiger partial charge in [-0.3, -0.25) is 4.90 Å². The lowest BCUT2D eigenvalue weighted by atomic mass is 10.2. The predicted octanol–water partition coefficient (Wildman–Crippen LogP) is 1.19. The third-order valence-electron chi connectivity index (χ3n) is 4.31. The Hall–Kier alpha value is -1.95. The summed E-state index contributed by atoms with van der Waals surface area (Å²) in [6.07, 6.45) is 5.21. The van der Waals surface area contributed by atoms with E-state index in [2.05, 4.69) is 25.7 Å². The molecule has 110 valence electrons. The summed E-state index contributed by atoms with van der Waals surface area (Å²) in [4.78, 5) is 11.3. The maximum atomic E-state index is 5.93. The molecule has 6 nitrogen and oxygen atoms in total. The predicted molar refractivity (Wildman–Crippen MR) is 79.6 cm³/mol. The van der Waals surface area contributed by atoms with Crippen LogP contribution in [0.4, 0.5) is 5.82 Å². The highest BCUT2D eigenvalue weighted by Gasteiger charge is 2.29. The van der Waals surface area contributed by atoms with Crippen LogP contribution in [0.15, 0.2) is 18.3 Å². The molecule has 1 aliphatic heterocycles. The van der Waals surface area contributed by atoms with Gasteiger partial charge in [0.25, 0.3) is 0 Å². The maximum Gasteiger partial charge on any atom is 0.154 e. The van der Waals surface area contributed by atoms with E-state index in [-0.39, 0.29) is 0 Å². The minimum atomic E-state index is 0.633. The standard InChI is InChI=1S/C15H20N6/c16-14-12(2-1-6-17-14)10-20-7-5-13-18-15(11-3-4-11)19-21(13)9-8-20/h1-2,6,11H,3-5,7-10H2,(H2,16,17). The van der Waals surface area contributed by atoms with Gasteiger partial charge in [-0.15, -0.1) is 0 Å². The molecule has 3 heterocycles. The Morgan fingerprint density at radius 2 is 2.14 bits per heavy atom. The molecule has 1 aliphatic carbocycles. The van der Waals surface area contributed by atoms with Crippen LogP contribution < -0.4 is 5.73 Å². The second kappa shape index (κ2) is 5.11. The number of hydrogen-bond donors (Lipinski definition) is 1. The fraction of sp³-hybridized carbons (Fsp3) is 0.533. The zero-order valence-electron chi connectivity index (χ0n) is 12.1. The lowest BCUT2D eigenvalue weighted by Crippen LogP contribution is -2.27. The first kappa shape index (κ1) is 12.8. The van der Waals surface area contributed by atoms with Crippen LogP contribution in [0.25, 0.3) is 0 Å². The number of anilines is 1. The van der Waals surface area contributed by atoms with E-state index in [4.69, 9.17) is 10.7 Å². The maximum absolute atomic E-state index is 5.93. The molecular weight excluding hydrogens is 264 g/mol. The smallest absolute Gasteiger partial charge is 0.154 e. The van der Waals surface area contributed by atoms with Gasteiger partial charge in [0.2, 0.25) is 0 Å². The van der Waals surface area contributed by atoms with Crippen LogP contribution in [-0.2, 0) is 19.5 Å². The van der Waals surface area contributed by atoms with Crippen molar-refractivity contribution in [3.05, 3.63) is 35.5 Å². The van der Waals surface area contributed by atoms with Gasteiger partial charge in [0.1, 0.15) is 11.6 Å². The van der Waals surface area contributed by atoms with Gasteiger partial charge in [0.15, 0.2) is 5.82 Å². The van der Waals surface area contributed by atoms with E-state index in [1.54, 1.807) is 6.20 Å². The third-order valence-corrected chi connectivity index (χ3v) is 4.31. The van der Waals surface area contributed by atoms with Crippen molar-refractivity contribution in [3.63, 3.8) is 0 Å². The quantitative estimate of drug-likeness (QED) is 0.916. The summed E-state index contributed by atoms with van der Waals surface area (Å²) in [7, 11) is 0. The van der Waals surface area contributed by atoms with E-state index in [9.17, 15) is 0 Å². The molecule has 0 radical (unpaired) electrons. The third kappa shape index (κ3) is 2.63. The van der Waals surface area contributed by atoms with Gasteiger partial charge < -0.3 is 5.73 Å². The molecule has 0 unspecified atom stereocenters. The molecule has 1 fully saturated rings. The Morgan fingerprint density at radius 3 is 2.95 bits per heavy atom. The van der Waals surface area contributed by atoms with Crippen LogP contribution in [0.1, 0.15) is 36.0 Å². The number of rotatable bonds is 3. The van der Waals surface area contributed by atoms with Gasteiger partial charge in [-0.2, -0.15) is 5.10 Å². The molecule has 0 atom stereocenters. The second-order valence-corrected chi connectivity index (χ2v) is 5.96. The van der Waals surface area contributed by atoms with Crippen LogP contribution in [-0.4, -0.2) is 37.7 Å². The Kier molecular flexibility index (Phi) is 3.11. The minimum absolute atomic E-state index is 0.633. The molecule has 6 heteroatoms. The molecule has 2 aromatic rings. The van der Waals surface area contributed by atoms with Crippen LogP contribution in [0.3, 0.4) is 0 Å². The first-order chi connectivity index (χ1) is 10.3. The van der Waals surface area contributed by atoms with Gasteiger partial charge in [0, 0.05) is 43.7 Å². The Balaban J connectivity index is 1.44. The van der Waals surface area contributed by atoms with Crippen LogP contribution in [0.2, 0.25) is 0 Å². The van der Waals surface area contributed by atoms with Crippen LogP contribution in [0, 0.1) is 0 Å². The normalized spacial score (nSPS) is 19.2. The molecule has 0 bridgehead atoms. The molecule has 0 amide bonds. The first-order valence-corrected chi connectivity index (χ1v) is 7.65. The van der Waals surface area contributed by atoms with Crippen molar-refractivity contribution in [2.75, 3.05) is 18.8 Å². The average Bonchev–Trinajstić information content (AvgIpc) is 3.28. The van der Waals surface area contributed by atoms with Gasteiger partial charge in [-0.05, 0) is 18.9 Å². The number of pyridine rings is 1. The molecular formula is C15H20N6. The van der Waals surface area contributed by atoms with E-state index in [0.717, 1.165) is 49.8 Å². The lowest BCUT2D eigenvalue weighted by Gasteiger charge is -2.19. The molecule has 21 heavy (non-hydrogen) atoms. The zero-order valence-corrected chi connectivity index (χ0v) is 12.1. The highest BCUT2D eigenvalue weighted by Crippen LogP contribution is 2.38. The van der Waals surface area contributed by atoms with Crippen LogP contribution in [0.5, 0.6) is 0 Å². The summed E-state index contributed by atoms with van der Waals surface area (Å²) >= 11 is 0. The molecule has 2 aromatic heterocycles. The molecule has 0 spiro atoms. The zero-order chi connectivity index (χ0) is 14.2. The Morgan fingerprint density at radius 1 is 1.24 bits per heavy atom. The van der Waals surface area contributed by atoms with E-state index < -0.39 is 0 Å². The fourth-order valence-corrected chi connectivity index (χ4v) is 2.86. The highest BCUT2D eigenvalue weighted by atomic mass is 15.4. The summed E-state index contributed by atoms with van der Waals surface area (Å²) in [5.41, 5.74) is 7.03. The second-order valence-electron chi connectivity index (χ2n) is 5.96. The van der Waals surface area contributed by atoms with Crippen molar-refractivity contribution in [2.45, 2.75) is 38.3 Å². The van der Waals surface area contributed by atoms with Crippen molar-refractivity contribution >= 4 is 5.82 Å². The summed E-state index contributed by atoms with van der Waals surface area (Å²) in [6, 6.07) is 3.99. The van der Waals surface area contributed by atoms with E-state index >= 15 is 0 Å². The summed E-state index contributed by atoms with van der Waals surface area (Å²) in [5.74, 6) is 3.47. The molecule has 4 rings (SSSR count). The monoisotopic (exact) mass is 284 g/mol. The van der Waals surface area contributed by atoms with E-state index in [1.165, 1.54) is 12.8 Å². The minimum Gasteiger partial charge on any atom is -0.383 e. The van der Waals surface area contributed by atoms with Gasteiger partial charge >= 0.3 is 0 Å². The van der Waals surface area contributed by atoms with Crippen molar-refractivity contribution in [1.82, 2.24) is 24.6 Å². The molecule has 1 saturated carbocycles.